The second-order valence-electron chi connectivity index (χ2n) is 6.19. The Balaban J connectivity index is 1.69. The molecule has 0 atom stereocenters. The van der Waals surface area contributed by atoms with Gasteiger partial charge in [-0.05, 0) is 24.3 Å². The van der Waals surface area contributed by atoms with Gasteiger partial charge in [-0.25, -0.2) is 0 Å². The maximum Gasteiger partial charge on any atom is 0.277 e. The van der Waals surface area contributed by atoms with Gasteiger partial charge >= 0.3 is 0 Å². The van der Waals surface area contributed by atoms with Gasteiger partial charge in [0.1, 0.15) is 11.5 Å². The molecular weight excluding hydrogens is 438 g/mol. The number of methoxy groups -OCH3 is 5. The molecule has 0 aliphatic rings. The zero-order valence-corrected chi connectivity index (χ0v) is 19.1. The molecule has 10 nitrogen and oxygen atoms in total. The Hall–Kier alpha value is -3.60. The monoisotopic (exact) mass is 461 g/mol. The molecule has 1 amide bonds. The van der Waals surface area contributed by atoms with Crippen molar-refractivity contribution in [3.05, 3.63) is 30.3 Å². The van der Waals surface area contributed by atoms with Gasteiger partial charge < -0.3 is 33.4 Å². The summed E-state index contributed by atoms with van der Waals surface area (Å²) in [6.07, 6.45) is 0. The first-order chi connectivity index (χ1) is 15.5. The van der Waals surface area contributed by atoms with Gasteiger partial charge in [-0.1, -0.05) is 11.8 Å². The van der Waals surface area contributed by atoms with E-state index in [2.05, 4.69) is 15.5 Å². The summed E-state index contributed by atoms with van der Waals surface area (Å²) < 4.78 is 32.2. The Kier molecular flexibility index (Phi) is 7.66. The van der Waals surface area contributed by atoms with Crippen LogP contribution in [0.4, 0.5) is 5.69 Å². The number of aromatic nitrogens is 2. The topological polar surface area (TPSA) is 114 Å². The van der Waals surface area contributed by atoms with Crippen LogP contribution < -0.4 is 29.0 Å². The van der Waals surface area contributed by atoms with E-state index in [-0.39, 0.29) is 22.8 Å². The smallest absolute Gasteiger partial charge is 0.277 e. The first-order valence-corrected chi connectivity index (χ1v) is 10.3. The molecule has 2 aromatic carbocycles. The number of ether oxygens (including phenoxy) is 5. The molecule has 32 heavy (non-hydrogen) atoms. The number of thioether (sulfide) groups is 1. The van der Waals surface area contributed by atoms with Crippen molar-refractivity contribution in [2.45, 2.75) is 5.22 Å². The number of nitrogens with one attached hydrogen (secondary N) is 1. The van der Waals surface area contributed by atoms with Gasteiger partial charge in [-0.2, -0.15) is 0 Å². The van der Waals surface area contributed by atoms with Gasteiger partial charge in [0.15, 0.2) is 11.5 Å². The highest BCUT2D eigenvalue weighted by Gasteiger charge is 2.18. The minimum atomic E-state index is -0.269. The van der Waals surface area contributed by atoms with E-state index in [0.717, 1.165) is 11.8 Å². The molecule has 0 aliphatic heterocycles. The highest BCUT2D eigenvalue weighted by atomic mass is 32.2. The molecular formula is C21H23N3O7S. The van der Waals surface area contributed by atoms with E-state index < -0.39 is 0 Å². The largest absolute Gasteiger partial charge is 0.497 e. The molecule has 1 N–H and O–H groups in total. The Labute approximate surface area is 189 Å². The van der Waals surface area contributed by atoms with Crippen LogP contribution in [0.25, 0.3) is 11.5 Å². The summed E-state index contributed by atoms with van der Waals surface area (Å²) in [6, 6.07) is 8.53. The van der Waals surface area contributed by atoms with E-state index in [1.165, 1.54) is 28.4 Å². The van der Waals surface area contributed by atoms with Gasteiger partial charge in [-0.15, -0.1) is 10.2 Å². The molecule has 0 spiro atoms. The summed E-state index contributed by atoms with van der Waals surface area (Å²) in [5.74, 6) is 2.53. The van der Waals surface area contributed by atoms with Crippen molar-refractivity contribution in [2.75, 3.05) is 46.6 Å². The van der Waals surface area contributed by atoms with Crippen LogP contribution in [-0.2, 0) is 4.79 Å². The molecule has 0 unspecified atom stereocenters. The van der Waals surface area contributed by atoms with Crippen molar-refractivity contribution in [2.24, 2.45) is 0 Å². The third kappa shape index (κ3) is 5.17. The van der Waals surface area contributed by atoms with E-state index in [0.29, 0.717) is 40.0 Å². The van der Waals surface area contributed by atoms with E-state index in [4.69, 9.17) is 28.1 Å². The molecule has 11 heteroatoms. The van der Waals surface area contributed by atoms with E-state index >= 15 is 0 Å². The Morgan fingerprint density at radius 1 is 0.906 bits per heavy atom. The van der Waals surface area contributed by atoms with Gasteiger partial charge in [0.25, 0.3) is 5.22 Å². The summed E-state index contributed by atoms with van der Waals surface area (Å²) in [6.45, 7) is 0. The summed E-state index contributed by atoms with van der Waals surface area (Å²) >= 11 is 1.10. The second-order valence-corrected chi connectivity index (χ2v) is 7.12. The number of carbonyl (C=O) groups is 1. The predicted octanol–water partition coefficient (Wildman–Crippen LogP) is 3.51. The normalized spacial score (nSPS) is 10.4. The number of carbonyl (C=O) groups excluding carboxylic acids is 1. The van der Waals surface area contributed by atoms with Crippen molar-refractivity contribution >= 4 is 23.4 Å². The van der Waals surface area contributed by atoms with Crippen LogP contribution in [0.2, 0.25) is 0 Å². The number of anilines is 1. The molecule has 0 radical (unpaired) electrons. The van der Waals surface area contributed by atoms with Crippen LogP contribution in [0.15, 0.2) is 40.0 Å². The Morgan fingerprint density at radius 2 is 1.59 bits per heavy atom. The average molecular weight is 461 g/mol. The minimum absolute atomic E-state index is 0.0528. The molecule has 0 saturated carbocycles. The maximum absolute atomic E-state index is 12.4. The van der Waals surface area contributed by atoms with Crippen molar-refractivity contribution in [3.8, 4) is 40.2 Å². The third-order valence-corrected chi connectivity index (χ3v) is 5.14. The fourth-order valence-corrected chi connectivity index (χ4v) is 3.38. The molecule has 170 valence electrons. The molecule has 0 aliphatic carbocycles. The first kappa shape index (κ1) is 23.1. The highest BCUT2D eigenvalue weighted by Crippen LogP contribution is 2.41. The molecule has 1 heterocycles. The number of hydrogen-bond donors (Lipinski definition) is 1. The van der Waals surface area contributed by atoms with Crippen molar-refractivity contribution in [3.63, 3.8) is 0 Å². The van der Waals surface area contributed by atoms with Crippen molar-refractivity contribution < 1.29 is 32.9 Å². The van der Waals surface area contributed by atoms with Crippen LogP contribution in [0.5, 0.6) is 28.7 Å². The van der Waals surface area contributed by atoms with Gasteiger partial charge in [0, 0.05) is 11.6 Å². The lowest BCUT2D eigenvalue weighted by atomic mass is 10.2. The van der Waals surface area contributed by atoms with E-state index in [1.54, 1.807) is 37.4 Å². The Morgan fingerprint density at radius 3 is 2.19 bits per heavy atom. The zero-order chi connectivity index (χ0) is 23.1. The molecule has 0 fully saturated rings. The molecule has 0 bridgehead atoms. The zero-order valence-electron chi connectivity index (χ0n) is 18.3. The number of rotatable bonds is 10. The molecule has 3 aromatic rings. The number of nitrogens with zero attached hydrogens (tertiary/aromatic N) is 2. The molecule has 3 rings (SSSR count). The summed E-state index contributed by atoms with van der Waals surface area (Å²) in [5, 5.41) is 11.1. The number of benzene rings is 2. The van der Waals surface area contributed by atoms with Crippen LogP contribution in [0.1, 0.15) is 0 Å². The summed E-state index contributed by atoms with van der Waals surface area (Å²) in [7, 11) is 7.63. The standard InChI is InChI=1S/C21H23N3O7S/c1-26-13-6-7-15(27-2)14(10-13)22-18(25)11-32-21-24-23-20(31-21)12-8-16(28-3)19(30-5)17(9-12)29-4/h6-10H,11H2,1-5H3,(H,22,25). The van der Waals surface area contributed by atoms with Crippen LogP contribution in [-0.4, -0.2) is 57.4 Å². The number of amides is 1. The third-order valence-electron chi connectivity index (χ3n) is 4.33. The van der Waals surface area contributed by atoms with Crippen LogP contribution in [0, 0.1) is 0 Å². The first-order valence-electron chi connectivity index (χ1n) is 9.31. The SMILES string of the molecule is COc1ccc(OC)c(NC(=O)CSc2nnc(-c3cc(OC)c(OC)c(OC)c3)o2)c1. The van der Waals surface area contributed by atoms with Crippen LogP contribution in [0.3, 0.4) is 0 Å². The number of hydrogen-bond acceptors (Lipinski definition) is 10. The highest BCUT2D eigenvalue weighted by molar-refractivity contribution is 7.99. The van der Waals surface area contributed by atoms with Crippen molar-refractivity contribution in [1.82, 2.24) is 10.2 Å². The van der Waals surface area contributed by atoms with E-state index in [9.17, 15) is 4.79 Å². The van der Waals surface area contributed by atoms with Gasteiger partial charge in [-0.3, -0.25) is 4.79 Å². The van der Waals surface area contributed by atoms with Crippen molar-refractivity contribution in [1.29, 1.82) is 0 Å². The Bertz CT molecular complexity index is 1060. The lowest BCUT2D eigenvalue weighted by molar-refractivity contribution is -0.113. The van der Waals surface area contributed by atoms with Crippen LogP contribution >= 0.6 is 11.8 Å². The van der Waals surface area contributed by atoms with Gasteiger partial charge in [0.05, 0.1) is 47.0 Å². The maximum atomic E-state index is 12.4. The predicted molar refractivity (Wildman–Crippen MR) is 118 cm³/mol. The van der Waals surface area contributed by atoms with E-state index in [1.807, 2.05) is 0 Å². The summed E-state index contributed by atoms with van der Waals surface area (Å²) in [5.41, 5.74) is 1.09. The molecule has 0 saturated heterocycles. The lowest BCUT2D eigenvalue weighted by Gasteiger charge is -2.12. The molecule has 1 aromatic heterocycles. The average Bonchev–Trinajstić information content (AvgIpc) is 3.30. The second kappa shape index (κ2) is 10.6. The lowest BCUT2D eigenvalue weighted by Crippen LogP contribution is -2.14. The fourth-order valence-electron chi connectivity index (χ4n) is 2.81. The fraction of sp³-hybridized carbons (Fsp3) is 0.286. The quantitative estimate of drug-likeness (QED) is 0.450. The minimum Gasteiger partial charge on any atom is -0.497 e. The summed E-state index contributed by atoms with van der Waals surface area (Å²) in [4.78, 5) is 12.4. The van der Waals surface area contributed by atoms with Gasteiger partial charge in [0.2, 0.25) is 17.5 Å².